The third-order valence-electron chi connectivity index (χ3n) is 4.81. The van der Waals surface area contributed by atoms with E-state index >= 15 is 0 Å². The van der Waals surface area contributed by atoms with Gasteiger partial charge < -0.3 is 9.84 Å². The first kappa shape index (κ1) is 17.1. The van der Waals surface area contributed by atoms with E-state index < -0.39 is 10.0 Å². The molecule has 2 aliphatic rings. The summed E-state index contributed by atoms with van der Waals surface area (Å²) in [7, 11) is -1.49. The maximum atomic E-state index is 12.9. The lowest BCUT2D eigenvalue weighted by Crippen LogP contribution is -2.44. The molecule has 8 nitrogen and oxygen atoms in total. The summed E-state index contributed by atoms with van der Waals surface area (Å²) in [6.07, 6.45) is 1.49. The van der Waals surface area contributed by atoms with Gasteiger partial charge in [-0.05, 0) is 31.3 Å². The number of hydrogen-bond acceptors (Lipinski definition) is 8. The highest BCUT2D eigenvalue weighted by molar-refractivity contribution is 7.91. The van der Waals surface area contributed by atoms with Crippen LogP contribution in [0.15, 0.2) is 26.2 Å². The standard InChI is InChI=1S/C15H21N5O3S2/c1-19-8-6-16-10-12(19)14-17-15(23-18-14)11-4-2-7-20(11)25(21,22)13-5-3-9-24-13/h3,5,9,11-12,16H,2,4,6-8,10H2,1H3. The second kappa shape index (κ2) is 6.76. The molecule has 2 aliphatic heterocycles. The third kappa shape index (κ3) is 3.13. The number of hydrogen-bond donors (Lipinski definition) is 1. The Kier molecular flexibility index (Phi) is 4.63. The largest absolute Gasteiger partial charge is 0.337 e. The molecule has 0 aromatic carbocycles. The highest BCUT2D eigenvalue weighted by Crippen LogP contribution is 2.37. The first-order chi connectivity index (χ1) is 12.1. The molecule has 2 atom stereocenters. The van der Waals surface area contributed by atoms with E-state index in [9.17, 15) is 8.42 Å². The molecule has 2 aromatic heterocycles. The summed E-state index contributed by atoms with van der Waals surface area (Å²) in [6, 6.07) is 3.06. The summed E-state index contributed by atoms with van der Waals surface area (Å²) in [5.74, 6) is 1.01. The van der Waals surface area contributed by atoms with Crippen LogP contribution in [0.5, 0.6) is 0 Å². The highest BCUT2D eigenvalue weighted by Gasteiger charge is 2.40. The van der Waals surface area contributed by atoms with Gasteiger partial charge >= 0.3 is 0 Å². The Morgan fingerprint density at radius 1 is 1.36 bits per heavy atom. The summed E-state index contributed by atoms with van der Waals surface area (Å²) in [4.78, 5) is 6.73. The summed E-state index contributed by atoms with van der Waals surface area (Å²) >= 11 is 1.23. The first-order valence-electron chi connectivity index (χ1n) is 8.37. The normalized spacial score (nSPS) is 26.3. The number of nitrogens with zero attached hydrogens (tertiary/aromatic N) is 4. The molecule has 0 saturated carbocycles. The molecular formula is C15H21N5O3S2. The number of aromatic nitrogens is 2. The molecule has 1 N–H and O–H groups in total. The van der Waals surface area contributed by atoms with E-state index in [-0.39, 0.29) is 12.1 Å². The van der Waals surface area contributed by atoms with Crippen molar-refractivity contribution in [2.45, 2.75) is 29.1 Å². The van der Waals surface area contributed by atoms with Crippen molar-refractivity contribution in [2.75, 3.05) is 33.2 Å². The predicted molar refractivity (Wildman–Crippen MR) is 92.7 cm³/mol. The molecular weight excluding hydrogens is 362 g/mol. The van der Waals surface area contributed by atoms with Gasteiger partial charge in [0.05, 0.1) is 6.04 Å². The number of nitrogens with one attached hydrogen (secondary N) is 1. The molecule has 0 amide bonds. The monoisotopic (exact) mass is 383 g/mol. The molecule has 25 heavy (non-hydrogen) atoms. The Morgan fingerprint density at radius 2 is 2.24 bits per heavy atom. The lowest BCUT2D eigenvalue weighted by atomic mass is 10.2. The van der Waals surface area contributed by atoms with Crippen LogP contribution >= 0.6 is 11.3 Å². The van der Waals surface area contributed by atoms with Gasteiger partial charge in [-0.1, -0.05) is 11.2 Å². The van der Waals surface area contributed by atoms with E-state index in [1.807, 2.05) is 7.05 Å². The van der Waals surface area contributed by atoms with Crippen molar-refractivity contribution in [3.05, 3.63) is 29.2 Å². The lowest BCUT2D eigenvalue weighted by Gasteiger charge is -2.30. The van der Waals surface area contributed by atoms with Gasteiger partial charge in [0.1, 0.15) is 10.3 Å². The van der Waals surface area contributed by atoms with Gasteiger partial charge in [0.2, 0.25) is 5.89 Å². The van der Waals surface area contributed by atoms with Crippen LogP contribution in [0.25, 0.3) is 0 Å². The van der Waals surface area contributed by atoms with E-state index in [4.69, 9.17) is 4.52 Å². The average Bonchev–Trinajstić information content (AvgIpc) is 3.34. The molecule has 2 unspecified atom stereocenters. The molecule has 2 aromatic rings. The fraction of sp³-hybridized carbons (Fsp3) is 0.600. The Hall–Kier alpha value is -1.33. The molecule has 136 valence electrons. The van der Waals surface area contributed by atoms with Crippen molar-refractivity contribution < 1.29 is 12.9 Å². The number of thiophene rings is 1. The number of sulfonamides is 1. The Labute approximate surface area is 150 Å². The Balaban J connectivity index is 1.59. The van der Waals surface area contributed by atoms with Gasteiger partial charge in [0.15, 0.2) is 5.82 Å². The second-order valence-corrected chi connectivity index (χ2v) is 9.46. The smallest absolute Gasteiger partial charge is 0.253 e. The van der Waals surface area contributed by atoms with E-state index in [1.165, 1.54) is 15.6 Å². The van der Waals surface area contributed by atoms with E-state index in [1.54, 1.807) is 17.5 Å². The number of piperazine rings is 1. The molecule has 2 fully saturated rings. The van der Waals surface area contributed by atoms with Gasteiger partial charge in [0, 0.05) is 26.2 Å². The van der Waals surface area contributed by atoms with Crippen LogP contribution in [-0.2, 0) is 10.0 Å². The minimum atomic E-state index is -3.52. The molecule has 0 aliphatic carbocycles. The summed E-state index contributed by atoms with van der Waals surface area (Å²) in [5.41, 5.74) is 0. The van der Waals surface area contributed by atoms with Crippen LogP contribution < -0.4 is 5.32 Å². The Bertz CT molecular complexity index is 820. The first-order valence-corrected chi connectivity index (χ1v) is 10.7. The molecule has 0 spiro atoms. The summed E-state index contributed by atoms with van der Waals surface area (Å²) in [5, 5.41) is 9.23. The van der Waals surface area contributed by atoms with Crippen LogP contribution in [0.1, 0.15) is 36.6 Å². The third-order valence-corrected chi connectivity index (χ3v) is 8.09. The molecule has 2 saturated heterocycles. The van der Waals surface area contributed by atoms with Crippen molar-refractivity contribution in [3.63, 3.8) is 0 Å². The molecule has 4 heterocycles. The van der Waals surface area contributed by atoms with Gasteiger partial charge in [-0.3, -0.25) is 4.90 Å². The van der Waals surface area contributed by atoms with Crippen LogP contribution in [-0.4, -0.2) is 61.0 Å². The molecule has 0 bridgehead atoms. The maximum Gasteiger partial charge on any atom is 0.253 e. The predicted octanol–water partition coefficient (Wildman–Crippen LogP) is 1.23. The minimum Gasteiger partial charge on any atom is -0.337 e. The van der Waals surface area contributed by atoms with E-state index in [2.05, 4.69) is 20.4 Å². The van der Waals surface area contributed by atoms with Crippen LogP contribution in [0.3, 0.4) is 0 Å². The second-order valence-electron chi connectivity index (χ2n) is 6.40. The summed E-state index contributed by atoms with van der Waals surface area (Å²) < 4.78 is 33.1. The van der Waals surface area contributed by atoms with Gasteiger partial charge in [-0.15, -0.1) is 11.3 Å². The molecule has 0 radical (unpaired) electrons. The van der Waals surface area contributed by atoms with Gasteiger partial charge in [-0.2, -0.15) is 9.29 Å². The summed E-state index contributed by atoms with van der Waals surface area (Å²) in [6.45, 7) is 3.09. The van der Waals surface area contributed by atoms with Crippen LogP contribution in [0.4, 0.5) is 0 Å². The fourth-order valence-electron chi connectivity index (χ4n) is 3.41. The lowest BCUT2D eigenvalue weighted by molar-refractivity contribution is 0.190. The number of rotatable bonds is 4. The van der Waals surface area contributed by atoms with Crippen LogP contribution in [0, 0.1) is 0 Å². The minimum absolute atomic E-state index is 0.0509. The topological polar surface area (TPSA) is 91.6 Å². The molecule has 4 rings (SSSR count). The van der Waals surface area contributed by atoms with E-state index in [0.717, 1.165) is 26.1 Å². The van der Waals surface area contributed by atoms with Crippen molar-refractivity contribution >= 4 is 21.4 Å². The zero-order valence-corrected chi connectivity index (χ0v) is 15.6. The zero-order valence-electron chi connectivity index (χ0n) is 14.0. The van der Waals surface area contributed by atoms with Gasteiger partial charge in [0.25, 0.3) is 10.0 Å². The SMILES string of the molecule is CN1CCNCC1c1noc(C2CCCN2S(=O)(=O)c2cccs2)n1. The quantitative estimate of drug-likeness (QED) is 0.849. The average molecular weight is 383 g/mol. The van der Waals surface area contributed by atoms with Gasteiger partial charge in [-0.25, -0.2) is 8.42 Å². The fourth-order valence-corrected chi connectivity index (χ4v) is 6.18. The van der Waals surface area contributed by atoms with Crippen molar-refractivity contribution in [2.24, 2.45) is 0 Å². The van der Waals surface area contributed by atoms with Crippen molar-refractivity contribution in [1.29, 1.82) is 0 Å². The maximum absolute atomic E-state index is 12.9. The number of likely N-dealkylation sites (N-methyl/N-ethyl adjacent to an activating group) is 1. The highest BCUT2D eigenvalue weighted by atomic mass is 32.2. The van der Waals surface area contributed by atoms with Crippen LogP contribution in [0.2, 0.25) is 0 Å². The zero-order chi connectivity index (χ0) is 17.4. The molecule has 10 heteroatoms. The van der Waals surface area contributed by atoms with Crippen molar-refractivity contribution in [1.82, 2.24) is 24.7 Å². The van der Waals surface area contributed by atoms with Crippen molar-refractivity contribution in [3.8, 4) is 0 Å². The van der Waals surface area contributed by atoms with E-state index in [0.29, 0.717) is 28.9 Å². The Morgan fingerprint density at radius 3 is 3.00 bits per heavy atom.